The number of piperazine rings is 1. The highest BCUT2D eigenvalue weighted by atomic mass is 32.2. The molecule has 1 amide bonds. The van der Waals surface area contributed by atoms with Crippen LogP contribution in [0.4, 0.5) is 0 Å². The molecule has 1 fully saturated rings. The van der Waals surface area contributed by atoms with E-state index < -0.39 is 10.0 Å². The lowest BCUT2D eigenvalue weighted by molar-refractivity contribution is -0.883. The Balaban J connectivity index is 1.94. The van der Waals surface area contributed by atoms with Gasteiger partial charge in [-0.1, -0.05) is 48.0 Å². The fourth-order valence-electron chi connectivity index (χ4n) is 4.10. The predicted molar refractivity (Wildman–Crippen MR) is 118 cm³/mol. The molecule has 1 heterocycles. The lowest BCUT2D eigenvalue weighted by Crippen LogP contribution is -3.12. The Labute approximate surface area is 180 Å². The van der Waals surface area contributed by atoms with Crippen LogP contribution in [0.2, 0.25) is 0 Å². The number of hydrogen-bond acceptors (Lipinski definition) is 3. The van der Waals surface area contributed by atoms with Crippen molar-refractivity contribution in [3.05, 3.63) is 64.7 Å². The summed E-state index contributed by atoms with van der Waals surface area (Å²) in [5.74, 6) is -0.135. The number of quaternary nitrogens is 1. The van der Waals surface area contributed by atoms with Crippen LogP contribution in [0.25, 0.3) is 0 Å². The minimum atomic E-state index is -3.84. The molecule has 0 spiro atoms. The van der Waals surface area contributed by atoms with E-state index in [0.29, 0.717) is 29.1 Å². The first-order chi connectivity index (χ1) is 14.2. The fourth-order valence-corrected chi connectivity index (χ4v) is 5.89. The van der Waals surface area contributed by atoms with Crippen LogP contribution in [0, 0.1) is 20.8 Å². The van der Waals surface area contributed by atoms with Crippen molar-refractivity contribution in [3.8, 4) is 0 Å². The summed E-state index contributed by atoms with van der Waals surface area (Å²) in [6.45, 7) is 8.69. The molecule has 0 aromatic heterocycles. The summed E-state index contributed by atoms with van der Waals surface area (Å²) in [5.41, 5.74) is 3.30. The van der Waals surface area contributed by atoms with Crippen LogP contribution in [0.5, 0.6) is 0 Å². The van der Waals surface area contributed by atoms with Crippen LogP contribution in [-0.2, 0) is 21.4 Å². The van der Waals surface area contributed by atoms with Gasteiger partial charge in [0.05, 0.1) is 44.7 Å². The Morgan fingerprint density at radius 1 is 1.03 bits per heavy atom. The molecule has 6 nitrogen and oxygen atoms in total. The molecular weight excluding hydrogens is 398 g/mol. The van der Waals surface area contributed by atoms with E-state index in [1.54, 1.807) is 4.90 Å². The number of sulfonamides is 1. The highest BCUT2D eigenvalue weighted by Crippen LogP contribution is 2.26. The highest BCUT2D eigenvalue weighted by Gasteiger charge is 2.32. The van der Waals surface area contributed by atoms with Crippen LogP contribution < -0.4 is 4.90 Å². The predicted octanol–water partition coefficient (Wildman–Crippen LogP) is 1.16. The van der Waals surface area contributed by atoms with Gasteiger partial charge < -0.3 is 9.80 Å². The molecule has 162 valence electrons. The summed E-state index contributed by atoms with van der Waals surface area (Å²) in [4.78, 5) is 16.5. The number of nitrogens with zero attached hydrogens (tertiary/aromatic N) is 2. The molecule has 0 radical (unpaired) electrons. The molecule has 1 N–H and O–H groups in total. The third-order valence-corrected chi connectivity index (χ3v) is 7.78. The minimum absolute atomic E-state index is 0.135. The zero-order chi connectivity index (χ0) is 21.9. The first-order valence-electron chi connectivity index (χ1n) is 10.4. The van der Waals surface area contributed by atoms with Crippen molar-refractivity contribution in [2.24, 2.45) is 0 Å². The monoisotopic (exact) mass is 430 g/mol. The van der Waals surface area contributed by atoms with E-state index in [-0.39, 0.29) is 19.0 Å². The second kappa shape index (κ2) is 9.29. The smallest absolute Gasteiger partial charge is 0.244 e. The van der Waals surface area contributed by atoms with Crippen LogP contribution >= 0.6 is 0 Å². The molecule has 0 atom stereocenters. The Bertz CT molecular complexity index is 975. The Morgan fingerprint density at radius 2 is 1.60 bits per heavy atom. The molecule has 1 saturated heterocycles. The lowest BCUT2D eigenvalue weighted by Gasteiger charge is -2.32. The van der Waals surface area contributed by atoms with E-state index in [0.717, 1.165) is 24.2 Å². The molecule has 0 bridgehead atoms. The van der Waals surface area contributed by atoms with Gasteiger partial charge in [0.15, 0.2) is 0 Å². The first-order valence-corrected chi connectivity index (χ1v) is 11.8. The molecule has 30 heavy (non-hydrogen) atoms. The van der Waals surface area contributed by atoms with Crippen LogP contribution in [0.3, 0.4) is 0 Å². The molecule has 7 heteroatoms. The maximum atomic E-state index is 13.7. The standard InChI is InChI=1S/C23H31N3O3S/c1-18-14-19(2)23(20(3)15-18)30(28,29)26(16-21-8-6-5-7-9-21)17-22(27)25-12-10-24(4)11-13-25/h5-9,14-15H,10-13,16-17H2,1-4H3/p+1. The molecule has 2 aromatic rings. The molecule has 0 unspecified atom stereocenters. The molecule has 0 aliphatic carbocycles. The van der Waals surface area contributed by atoms with E-state index in [4.69, 9.17) is 0 Å². The quantitative estimate of drug-likeness (QED) is 0.748. The number of benzene rings is 2. The normalized spacial score (nSPS) is 15.6. The average Bonchev–Trinajstić information content (AvgIpc) is 2.67. The number of carbonyl (C=O) groups is 1. The van der Waals surface area contributed by atoms with Gasteiger partial charge in [-0.05, 0) is 37.5 Å². The highest BCUT2D eigenvalue weighted by molar-refractivity contribution is 7.89. The fraction of sp³-hybridized carbons (Fsp3) is 0.435. The van der Waals surface area contributed by atoms with Crippen molar-refractivity contribution in [2.45, 2.75) is 32.2 Å². The maximum Gasteiger partial charge on any atom is 0.244 e. The Hall–Kier alpha value is -2.22. The van der Waals surface area contributed by atoms with Gasteiger partial charge in [-0.25, -0.2) is 8.42 Å². The van der Waals surface area contributed by atoms with Crippen molar-refractivity contribution in [1.29, 1.82) is 0 Å². The molecule has 1 aliphatic heterocycles. The average molecular weight is 431 g/mol. The summed E-state index contributed by atoms with van der Waals surface area (Å²) >= 11 is 0. The second-order valence-corrected chi connectivity index (χ2v) is 10.2. The van der Waals surface area contributed by atoms with Crippen LogP contribution in [-0.4, -0.2) is 63.3 Å². The van der Waals surface area contributed by atoms with E-state index in [9.17, 15) is 13.2 Å². The number of hydrogen-bond donors (Lipinski definition) is 1. The lowest BCUT2D eigenvalue weighted by atomic mass is 10.1. The maximum absolute atomic E-state index is 13.7. The van der Waals surface area contributed by atoms with Gasteiger partial charge in [0.2, 0.25) is 15.9 Å². The number of amides is 1. The number of aryl methyl sites for hydroxylation is 3. The zero-order valence-corrected chi connectivity index (χ0v) is 19.1. The zero-order valence-electron chi connectivity index (χ0n) is 18.3. The van der Waals surface area contributed by atoms with E-state index >= 15 is 0 Å². The first kappa shape index (κ1) is 22.5. The number of rotatable bonds is 6. The van der Waals surface area contributed by atoms with Gasteiger partial charge in [-0.15, -0.1) is 0 Å². The Morgan fingerprint density at radius 3 is 2.17 bits per heavy atom. The van der Waals surface area contributed by atoms with Gasteiger partial charge in [-0.3, -0.25) is 4.79 Å². The molecule has 2 aromatic carbocycles. The van der Waals surface area contributed by atoms with Crippen LogP contribution in [0.15, 0.2) is 47.4 Å². The van der Waals surface area contributed by atoms with Crippen molar-refractivity contribution in [2.75, 3.05) is 39.8 Å². The van der Waals surface area contributed by atoms with Gasteiger partial charge in [0.25, 0.3) is 0 Å². The van der Waals surface area contributed by atoms with Crippen molar-refractivity contribution < 1.29 is 18.1 Å². The summed E-state index contributed by atoms with van der Waals surface area (Å²) < 4.78 is 28.8. The largest absolute Gasteiger partial charge is 0.334 e. The molecule has 3 rings (SSSR count). The van der Waals surface area contributed by atoms with Crippen molar-refractivity contribution >= 4 is 15.9 Å². The van der Waals surface area contributed by atoms with E-state index in [1.807, 2.05) is 63.2 Å². The number of likely N-dealkylation sites (N-methyl/N-ethyl adjacent to an activating group) is 1. The van der Waals surface area contributed by atoms with Crippen LogP contribution in [0.1, 0.15) is 22.3 Å². The Kier molecular flexibility index (Phi) is 6.95. The minimum Gasteiger partial charge on any atom is -0.334 e. The van der Waals surface area contributed by atoms with Gasteiger partial charge in [-0.2, -0.15) is 4.31 Å². The third kappa shape index (κ3) is 5.09. The van der Waals surface area contributed by atoms with Crippen molar-refractivity contribution in [1.82, 2.24) is 9.21 Å². The number of nitrogens with one attached hydrogen (secondary N) is 1. The van der Waals surface area contributed by atoms with Gasteiger partial charge in [0.1, 0.15) is 0 Å². The van der Waals surface area contributed by atoms with Gasteiger partial charge in [0, 0.05) is 6.54 Å². The summed E-state index contributed by atoms with van der Waals surface area (Å²) in [6.07, 6.45) is 0. The SMILES string of the molecule is Cc1cc(C)c(S(=O)(=O)N(CC(=O)N2CC[NH+](C)CC2)Cc2ccccc2)c(C)c1. The summed E-state index contributed by atoms with van der Waals surface area (Å²) in [5, 5.41) is 0. The topological polar surface area (TPSA) is 62.1 Å². The molecule has 0 saturated carbocycles. The second-order valence-electron chi connectivity index (χ2n) is 8.32. The van der Waals surface area contributed by atoms with Crippen molar-refractivity contribution in [3.63, 3.8) is 0 Å². The molecular formula is C23H32N3O3S+. The summed E-state index contributed by atoms with van der Waals surface area (Å²) in [6, 6.07) is 13.2. The number of carbonyl (C=O) groups excluding carboxylic acids is 1. The van der Waals surface area contributed by atoms with E-state index in [1.165, 1.54) is 9.21 Å². The summed E-state index contributed by atoms with van der Waals surface area (Å²) in [7, 11) is -1.73. The van der Waals surface area contributed by atoms with E-state index in [2.05, 4.69) is 7.05 Å². The van der Waals surface area contributed by atoms with Gasteiger partial charge >= 0.3 is 0 Å². The molecule has 1 aliphatic rings. The third-order valence-electron chi connectivity index (χ3n) is 5.69.